The fraction of sp³-hybridized carbons (Fsp3) is 0.167. The topological polar surface area (TPSA) is 74.5 Å². The van der Waals surface area contributed by atoms with Crippen molar-refractivity contribution in [2.75, 3.05) is 7.11 Å². The molecule has 5 nitrogen and oxygen atoms in total. The van der Waals surface area contributed by atoms with Crippen LogP contribution in [0.1, 0.15) is 5.56 Å². The Hall–Kier alpha value is -3.13. The predicted octanol–water partition coefficient (Wildman–Crippen LogP) is 2.08. The van der Waals surface area contributed by atoms with Gasteiger partial charge in [-0.1, -0.05) is 30.4 Å². The third kappa shape index (κ3) is 3.06. The number of nitrogens with zero attached hydrogens (tertiary/aromatic N) is 2. The van der Waals surface area contributed by atoms with Crippen molar-refractivity contribution < 1.29 is 9.53 Å². The van der Waals surface area contributed by atoms with Crippen LogP contribution in [0.2, 0.25) is 0 Å². The number of allylic oxidation sites excluding steroid dienone is 3. The quantitative estimate of drug-likeness (QED) is 0.682. The zero-order valence-corrected chi connectivity index (χ0v) is 12.6. The lowest BCUT2D eigenvalue weighted by atomic mass is 10.0. The van der Waals surface area contributed by atoms with E-state index in [4.69, 9.17) is 4.74 Å². The van der Waals surface area contributed by atoms with Crippen molar-refractivity contribution in [3.05, 3.63) is 65.5 Å². The number of hydrogen-bond donors (Lipinski definition) is 1. The minimum absolute atomic E-state index is 0.0597. The molecule has 5 heteroatoms. The Morgan fingerprint density at radius 2 is 2.13 bits per heavy atom. The maximum Gasteiger partial charge on any atom is 0.181 e. The van der Waals surface area contributed by atoms with E-state index in [9.17, 15) is 10.1 Å². The highest BCUT2D eigenvalue weighted by molar-refractivity contribution is 6.06. The van der Waals surface area contributed by atoms with Crippen LogP contribution in [0.25, 0.3) is 0 Å². The highest BCUT2D eigenvalue weighted by atomic mass is 16.5. The highest BCUT2D eigenvalue weighted by Crippen LogP contribution is 2.19. The van der Waals surface area contributed by atoms with E-state index >= 15 is 0 Å². The monoisotopic (exact) mass is 305 g/mol. The van der Waals surface area contributed by atoms with Crippen LogP contribution in [0.5, 0.6) is 5.75 Å². The maximum atomic E-state index is 12.4. The molecule has 0 saturated heterocycles. The zero-order valence-electron chi connectivity index (χ0n) is 12.6. The van der Waals surface area contributed by atoms with Crippen molar-refractivity contribution >= 4 is 11.5 Å². The second-order valence-electron chi connectivity index (χ2n) is 5.19. The average molecular weight is 305 g/mol. The number of nitriles is 1. The van der Waals surface area contributed by atoms with Gasteiger partial charge in [0.15, 0.2) is 5.78 Å². The minimum atomic E-state index is -0.254. The number of carbonyl (C=O) groups excluding carboxylic acids is 1. The minimum Gasteiger partial charge on any atom is -0.497 e. The molecule has 1 aromatic carbocycles. The molecule has 0 saturated carbocycles. The molecule has 1 atom stereocenters. The fourth-order valence-electron chi connectivity index (χ4n) is 2.46. The lowest BCUT2D eigenvalue weighted by Gasteiger charge is -2.09. The summed E-state index contributed by atoms with van der Waals surface area (Å²) in [6.45, 7) is 0. The summed E-state index contributed by atoms with van der Waals surface area (Å²) < 4.78 is 5.09. The first kappa shape index (κ1) is 14.8. The van der Waals surface area contributed by atoms with E-state index in [0.717, 1.165) is 17.0 Å². The molecule has 2 aliphatic rings. The van der Waals surface area contributed by atoms with Crippen LogP contribution in [-0.4, -0.2) is 24.6 Å². The number of ether oxygens (including phenoxy) is 1. The van der Waals surface area contributed by atoms with Crippen molar-refractivity contribution in [3.63, 3.8) is 0 Å². The molecule has 0 aromatic heterocycles. The molecular weight excluding hydrogens is 290 g/mol. The molecule has 1 aliphatic heterocycles. The standard InChI is InChI=1S/C18H15N3O2/c1-23-13-8-6-12(7-9-13)10-17(22)14(11-19)18-20-15-4-2-3-5-16(15)21-18/h2-9,15,20H,10H2,1H3/b18-14-. The van der Waals surface area contributed by atoms with Crippen molar-refractivity contribution in [2.45, 2.75) is 12.5 Å². The van der Waals surface area contributed by atoms with Gasteiger partial charge in [0.25, 0.3) is 0 Å². The van der Waals surface area contributed by atoms with E-state index in [1.807, 2.05) is 42.5 Å². The normalized spacial score (nSPS) is 20.2. The molecule has 114 valence electrons. The number of nitrogens with one attached hydrogen (secondary N) is 1. The van der Waals surface area contributed by atoms with E-state index < -0.39 is 0 Å². The van der Waals surface area contributed by atoms with Crippen LogP contribution in [0.4, 0.5) is 0 Å². The molecule has 1 aliphatic carbocycles. The average Bonchev–Trinajstić information content (AvgIpc) is 2.99. The van der Waals surface area contributed by atoms with Crippen LogP contribution in [0.3, 0.4) is 0 Å². The molecule has 1 heterocycles. The Labute approximate surface area is 134 Å². The van der Waals surface area contributed by atoms with Crippen molar-refractivity contribution in [1.29, 1.82) is 5.26 Å². The third-order valence-electron chi connectivity index (χ3n) is 3.68. The van der Waals surface area contributed by atoms with Gasteiger partial charge in [0.05, 0.1) is 18.9 Å². The van der Waals surface area contributed by atoms with Crippen LogP contribution < -0.4 is 10.1 Å². The van der Waals surface area contributed by atoms with Crippen molar-refractivity contribution in [1.82, 2.24) is 5.32 Å². The molecule has 3 rings (SSSR count). The summed E-state index contributed by atoms with van der Waals surface area (Å²) in [5.74, 6) is 0.824. The fourth-order valence-corrected chi connectivity index (χ4v) is 2.46. The van der Waals surface area contributed by atoms with Crippen LogP contribution >= 0.6 is 0 Å². The number of ketones is 1. The lowest BCUT2D eigenvalue weighted by molar-refractivity contribution is -0.114. The summed E-state index contributed by atoms with van der Waals surface area (Å²) in [6, 6.07) is 9.13. The third-order valence-corrected chi connectivity index (χ3v) is 3.68. The van der Waals surface area contributed by atoms with E-state index in [-0.39, 0.29) is 23.8 Å². The highest BCUT2D eigenvalue weighted by Gasteiger charge is 2.25. The number of methoxy groups -OCH3 is 1. The van der Waals surface area contributed by atoms with Gasteiger partial charge in [-0.2, -0.15) is 5.26 Å². The molecule has 0 amide bonds. The number of aliphatic imine (C=N–C) groups is 1. The number of Topliss-reactive ketones (excluding diaryl/α,β-unsaturated/α-hetero) is 1. The van der Waals surface area contributed by atoms with E-state index in [1.54, 1.807) is 19.2 Å². The Balaban J connectivity index is 1.81. The molecule has 1 N–H and O–H groups in total. The van der Waals surface area contributed by atoms with Crippen LogP contribution in [-0.2, 0) is 11.2 Å². The second kappa shape index (κ2) is 6.32. The van der Waals surface area contributed by atoms with Gasteiger partial charge in [-0.05, 0) is 23.8 Å². The Morgan fingerprint density at radius 3 is 2.78 bits per heavy atom. The predicted molar refractivity (Wildman–Crippen MR) is 87.0 cm³/mol. The molecule has 0 fully saturated rings. The number of rotatable bonds is 4. The summed E-state index contributed by atoms with van der Waals surface area (Å²) in [7, 11) is 1.59. The van der Waals surface area contributed by atoms with Crippen LogP contribution in [0, 0.1) is 11.3 Å². The second-order valence-corrected chi connectivity index (χ2v) is 5.19. The molecule has 1 unspecified atom stereocenters. The van der Waals surface area contributed by atoms with Gasteiger partial charge in [-0.3, -0.25) is 4.79 Å². The van der Waals surface area contributed by atoms with Crippen LogP contribution in [0.15, 0.2) is 65.0 Å². The summed E-state index contributed by atoms with van der Waals surface area (Å²) in [4.78, 5) is 16.8. The summed E-state index contributed by atoms with van der Waals surface area (Å²) in [5.41, 5.74) is 1.70. The van der Waals surface area contributed by atoms with E-state index in [1.165, 1.54) is 0 Å². The molecule has 23 heavy (non-hydrogen) atoms. The van der Waals surface area contributed by atoms with Gasteiger partial charge in [-0.15, -0.1) is 0 Å². The van der Waals surface area contributed by atoms with Crippen molar-refractivity contribution in [2.24, 2.45) is 4.99 Å². The van der Waals surface area contributed by atoms with Gasteiger partial charge >= 0.3 is 0 Å². The Kier molecular flexibility index (Phi) is 4.07. The van der Waals surface area contributed by atoms with Gasteiger partial charge in [0, 0.05) is 6.42 Å². The summed E-state index contributed by atoms with van der Waals surface area (Å²) in [5, 5.41) is 12.5. The number of hydrogen-bond acceptors (Lipinski definition) is 5. The number of carbonyl (C=O) groups is 1. The van der Waals surface area contributed by atoms with E-state index in [0.29, 0.717) is 5.82 Å². The number of benzene rings is 1. The van der Waals surface area contributed by atoms with Gasteiger partial charge < -0.3 is 10.1 Å². The first-order valence-electron chi connectivity index (χ1n) is 7.22. The SMILES string of the molecule is COc1ccc(CC(=O)/C(C#N)=C2\N=C3C=CC=CC3N2)cc1. The Bertz CT molecular complexity index is 793. The summed E-state index contributed by atoms with van der Waals surface area (Å²) in [6.07, 6.45) is 7.75. The van der Waals surface area contributed by atoms with Gasteiger partial charge in [0.1, 0.15) is 23.2 Å². The number of fused-ring (bicyclic) bond motifs is 1. The molecule has 1 aromatic rings. The largest absolute Gasteiger partial charge is 0.497 e. The van der Waals surface area contributed by atoms with Gasteiger partial charge in [-0.25, -0.2) is 4.99 Å². The molecule has 0 radical (unpaired) electrons. The smallest absolute Gasteiger partial charge is 0.181 e. The summed E-state index contributed by atoms with van der Waals surface area (Å²) >= 11 is 0. The van der Waals surface area contributed by atoms with E-state index in [2.05, 4.69) is 10.3 Å². The van der Waals surface area contributed by atoms with Crippen molar-refractivity contribution in [3.8, 4) is 11.8 Å². The molecule has 0 spiro atoms. The van der Waals surface area contributed by atoms with Gasteiger partial charge in [0.2, 0.25) is 0 Å². The zero-order chi connectivity index (χ0) is 16.2. The first-order chi connectivity index (χ1) is 11.2. The molecule has 0 bridgehead atoms. The Morgan fingerprint density at radius 1 is 1.35 bits per heavy atom. The lowest BCUT2D eigenvalue weighted by Crippen LogP contribution is -2.28. The molecular formula is C18H15N3O2. The maximum absolute atomic E-state index is 12.4. The first-order valence-corrected chi connectivity index (χ1v) is 7.22.